The molecule has 0 saturated carbocycles. The zero-order valence-corrected chi connectivity index (χ0v) is 34.8. The molecule has 0 fully saturated rings. The lowest BCUT2D eigenvalue weighted by Gasteiger charge is -2.30. The van der Waals surface area contributed by atoms with Gasteiger partial charge in [-0.05, 0) is 81.1 Å². The van der Waals surface area contributed by atoms with Crippen LogP contribution in [0, 0.1) is 0 Å². The molecule has 0 aliphatic carbocycles. The van der Waals surface area contributed by atoms with Crippen LogP contribution in [0.4, 0.5) is 17.1 Å². The number of hydrogen-bond acceptors (Lipinski definition) is 3. The topological polar surface area (TPSA) is 3.24 Å². The number of nitrogens with zero attached hydrogens (tertiary/aromatic N) is 1. The van der Waals surface area contributed by atoms with Gasteiger partial charge in [-0.25, -0.2) is 0 Å². The van der Waals surface area contributed by atoms with Gasteiger partial charge in [0.25, 0.3) is 0 Å². The van der Waals surface area contributed by atoms with Crippen LogP contribution in [-0.2, 0) is 0 Å². The predicted molar refractivity (Wildman–Crippen MR) is 266 cm³/mol. The normalized spacial score (nSPS) is 11.6. The summed E-state index contributed by atoms with van der Waals surface area (Å²) in [5.74, 6) is 0. The second-order valence-corrected chi connectivity index (χ2v) is 17.7. The standard InChI is InChI=1S/C58H37NS2/c1-2-17-38(18-3-1)42-27-13-19-39-20-14-29-47(56(39)42)44-23-4-8-32-51(44)59(41-22-12-21-40(37-41)43-28-16-36-55-57(43)50-26-7-11-35-54(50)60-55)52-33-9-5-24-45(52)48-30-15-31-49-46-25-6-10-34-53(46)61-58(48)49/h1-37H. The Hall–Kier alpha value is -7.30. The summed E-state index contributed by atoms with van der Waals surface area (Å²) < 4.78 is 5.22. The molecule has 10 aromatic carbocycles. The van der Waals surface area contributed by atoms with Crippen molar-refractivity contribution < 1.29 is 0 Å². The molecule has 0 aliphatic heterocycles. The van der Waals surface area contributed by atoms with E-state index < -0.39 is 0 Å². The number of anilines is 3. The average Bonchev–Trinajstić information content (AvgIpc) is 3.91. The Kier molecular flexibility index (Phi) is 8.62. The van der Waals surface area contributed by atoms with Gasteiger partial charge in [0.1, 0.15) is 0 Å². The number of hydrogen-bond donors (Lipinski definition) is 0. The van der Waals surface area contributed by atoms with Crippen molar-refractivity contribution in [2.75, 3.05) is 4.90 Å². The summed E-state index contributed by atoms with van der Waals surface area (Å²) in [6.45, 7) is 0. The lowest BCUT2D eigenvalue weighted by atomic mass is 9.90. The van der Waals surface area contributed by atoms with Gasteiger partial charge >= 0.3 is 0 Å². The van der Waals surface area contributed by atoms with E-state index in [1.165, 1.54) is 95.6 Å². The third kappa shape index (κ3) is 5.96. The van der Waals surface area contributed by atoms with Crippen LogP contribution < -0.4 is 4.90 Å². The van der Waals surface area contributed by atoms with E-state index in [0.29, 0.717) is 0 Å². The lowest BCUT2D eigenvalue weighted by Crippen LogP contribution is -2.12. The molecular formula is C58H37NS2. The van der Waals surface area contributed by atoms with E-state index in [4.69, 9.17) is 0 Å². The molecule has 0 aliphatic rings. The maximum Gasteiger partial charge on any atom is 0.0540 e. The van der Waals surface area contributed by atoms with Crippen LogP contribution in [0.3, 0.4) is 0 Å². The van der Waals surface area contributed by atoms with E-state index in [1.807, 2.05) is 22.7 Å². The minimum atomic E-state index is 1.10. The molecule has 61 heavy (non-hydrogen) atoms. The van der Waals surface area contributed by atoms with Crippen LogP contribution in [0.15, 0.2) is 224 Å². The van der Waals surface area contributed by atoms with E-state index in [9.17, 15) is 0 Å². The predicted octanol–water partition coefficient (Wildman–Crippen LogP) is 17.7. The van der Waals surface area contributed by atoms with Crippen molar-refractivity contribution in [1.82, 2.24) is 0 Å². The SMILES string of the molecule is c1ccc(-c2cccc3cccc(-c4ccccc4N(c4cccc(-c5cccc6sc7ccccc7c56)c4)c4ccccc4-c4cccc5c4sc4ccccc45)c23)cc1. The molecule has 0 bridgehead atoms. The summed E-state index contributed by atoms with van der Waals surface area (Å²) in [6, 6.07) is 82.5. The second-order valence-electron chi connectivity index (χ2n) is 15.6. The van der Waals surface area contributed by atoms with Crippen molar-refractivity contribution in [3.8, 4) is 44.5 Å². The zero-order chi connectivity index (χ0) is 40.3. The van der Waals surface area contributed by atoms with Gasteiger partial charge in [0.05, 0.1) is 11.4 Å². The first-order chi connectivity index (χ1) is 30.3. The molecule has 3 heteroatoms. The second kappa shape index (κ2) is 14.8. The molecule has 2 heterocycles. The maximum atomic E-state index is 2.51. The van der Waals surface area contributed by atoms with Gasteiger partial charge in [-0.1, -0.05) is 182 Å². The number of para-hydroxylation sites is 2. The van der Waals surface area contributed by atoms with E-state index in [2.05, 4.69) is 229 Å². The van der Waals surface area contributed by atoms with Gasteiger partial charge in [-0.2, -0.15) is 0 Å². The van der Waals surface area contributed by atoms with Crippen molar-refractivity contribution in [2.24, 2.45) is 0 Å². The molecule has 1 nitrogen and oxygen atoms in total. The summed E-state index contributed by atoms with van der Waals surface area (Å²) in [5.41, 5.74) is 13.0. The summed E-state index contributed by atoms with van der Waals surface area (Å²) in [6.07, 6.45) is 0. The van der Waals surface area contributed by atoms with Crippen LogP contribution in [0.2, 0.25) is 0 Å². The Morgan fingerprint density at radius 3 is 1.59 bits per heavy atom. The van der Waals surface area contributed by atoms with Crippen molar-refractivity contribution >= 4 is 90.9 Å². The highest BCUT2D eigenvalue weighted by atomic mass is 32.1. The molecule has 0 atom stereocenters. The first-order valence-corrected chi connectivity index (χ1v) is 22.4. The van der Waals surface area contributed by atoms with Crippen LogP contribution >= 0.6 is 22.7 Å². The first kappa shape index (κ1) is 35.6. The average molecular weight is 812 g/mol. The highest BCUT2D eigenvalue weighted by Crippen LogP contribution is 2.50. The molecule has 0 unspecified atom stereocenters. The van der Waals surface area contributed by atoms with E-state index in [0.717, 1.165) is 17.1 Å². The third-order valence-electron chi connectivity index (χ3n) is 12.1. The van der Waals surface area contributed by atoms with Crippen LogP contribution in [0.5, 0.6) is 0 Å². The van der Waals surface area contributed by atoms with Crippen molar-refractivity contribution in [3.63, 3.8) is 0 Å². The monoisotopic (exact) mass is 811 g/mol. The minimum Gasteiger partial charge on any atom is -0.309 e. The van der Waals surface area contributed by atoms with Gasteiger partial charge in [-0.15, -0.1) is 22.7 Å². The van der Waals surface area contributed by atoms with Crippen LogP contribution in [0.25, 0.3) is 95.6 Å². The number of thiophene rings is 2. The van der Waals surface area contributed by atoms with Crippen LogP contribution in [0.1, 0.15) is 0 Å². The molecule has 0 amide bonds. The summed E-state index contributed by atoms with van der Waals surface area (Å²) in [7, 11) is 0. The fourth-order valence-electron chi connectivity index (χ4n) is 9.41. The smallest absolute Gasteiger partial charge is 0.0540 e. The maximum absolute atomic E-state index is 2.51. The zero-order valence-electron chi connectivity index (χ0n) is 33.1. The summed E-state index contributed by atoms with van der Waals surface area (Å²) >= 11 is 3.75. The highest BCUT2D eigenvalue weighted by molar-refractivity contribution is 7.26. The molecule has 2 aromatic heterocycles. The molecule has 12 aromatic rings. The third-order valence-corrected chi connectivity index (χ3v) is 14.4. The highest BCUT2D eigenvalue weighted by Gasteiger charge is 2.24. The Balaban J connectivity index is 1.13. The molecule has 12 rings (SSSR count). The molecule has 0 radical (unpaired) electrons. The van der Waals surface area contributed by atoms with Gasteiger partial charge in [-0.3, -0.25) is 0 Å². The molecule has 0 saturated heterocycles. The molecule has 286 valence electrons. The Labute approximate surface area is 362 Å². The lowest BCUT2D eigenvalue weighted by molar-refractivity contribution is 1.29. The van der Waals surface area contributed by atoms with E-state index in [-0.39, 0.29) is 0 Å². The largest absolute Gasteiger partial charge is 0.309 e. The number of rotatable bonds is 7. The molecule has 0 spiro atoms. The quantitative estimate of drug-likeness (QED) is 0.155. The Bertz CT molecular complexity index is 3610. The minimum absolute atomic E-state index is 1.10. The molecular weight excluding hydrogens is 775 g/mol. The summed E-state index contributed by atoms with van der Waals surface area (Å²) in [5, 5.41) is 7.68. The van der Waals surface area contributed by atoms with E-state index >= 15 is 0 Å². The first-order valence-electron chi connectivity index (χ1n) is 20.8. The van der Waals surface area contributed by atoms with Gasteiger partial charge < -0.3 is 4.90 Å². The van der Waals surface area contributed by atoms with Gasteiger partial charge in [0, 0.05) is 62.7 Å². The number of fused-ring (bicyclic) bond motifs is 7. The number of benzene rings is 10. The Morgan fingerprint density at radius 1 is 0.295 bits per heavy atom. The summed E-state index contributed by atoms with van der Waals surface area (Å²) in [4.78, 5) is 2.51. The Morgan fingerprint density at radius 2 is 0.803 bits per heavy atom. The van der Waals surface area contributed by atoms with Gasteiger partial charge in [0.15, 0.2) is 0 Å². The van der Waals surface area contributed by atoms with Crippen molar-refractivity contribution in [1.29, 1.82) is 0 Å². The van der Waals surface area contributed by atoms with Gasteiger partial charge in [0.2, 0.25) is 0 Å². The fraction of sp³-hybridized carbons (Fsp3) is 0. The van der Waals surface area contributed by atoms with Crippen LogP contribution in [-0.4, -0.2) is 0 Å². The van der Waals surface area contributed by atoms with Crippen molar-refractivity contribution in [3.05, 3.63) is 224 Å². The molecule has 0 N–H and O–H groups in total. The van der Waals surface area contributed by atoms with Crippen molar-refractivity contribution in [2.45, 2.75) is 0 Å². The van der Waals surface area contributed by atoms with E-state index in [1.54, 1.807) is 0 Å². The fourth-order valence-corrected chi connectivity index (χ4v) is 11.8.